The molecule has 140 valence electrons. The number of nitrogens with one attached hydrogen (secondary N) is 2. The molecule has 9 heteroatoms. The van der Waals surface area contributed by atoms with E-state index < -0.39 is 15.9 Å². The lowest BCUT2D eigenvalue weighted by atomic mass is 9.99. The molecule has 1 aromatic carbocycles. The molecule has 3 rings (SSSR count). The quantitative estimate of drug-likeness (QED) is 0.798. The summed E-state index contributed by atoms with van der Waals surface area (Å²) in [7, 11) is -3.65. The molecule has 1 aliphatic heterocycles. The van der Waals surface area contributed by atoms with Gasteiger partial charge in [-0.1, -0.05) is 0 Å². The van der Waals surface area contributed by atoms with Crippen molar-refractivity contribution >= 4 is 21.6 Å². The average molecular weight is 378 g/mol. The van der Waals surface area contributed by atoms with Crippen molar-refractivity contribution in [2.75, 3.05) is 25.0 Å². The molecule has 1 amide bonds. The second-order valence-corrected chi connectivity index (χ2v) is 7.97. The summed E-state index contributed by atoms with van der Waals surface area (Å²) in [6.45, 7) is 3.04. The lowest BCUT2D eigenvalue weighted by molar-refractivity contribution is -0.120. The van der Waals surface area contributed by atoms with Gasteiger partial charge < -0.3 is 15.0 Å². The van der Waals surface area contributed by atoms with Crippen LogP contribution in [-0.2, 0) is 14.8 Å². The van der Waals surface area contributed by atoms with Crippen LogP contribution in [0.4, 0.5) is 5.69 Å². The zero-order valence-corrected chi connectivity index (χ0v) is 15.3. The van der Waals surface area contributed by atoms with Gasteiger partial charge in [0.15, 0.2) is 5.03 Å². The Hall–Kier alpha value is -2.39. The summed E-state index contributed by atoms with van der Waals surface area (Å²) in [6.07, 6.45) is 3.89. The topological polar surface area (TPSA) is 104 Å². The van der Waals surface area contributed by atoms with Crippen LogP contribution in [0.25, 0.3) is 0 Å². The first-order valence-electron chi connectivity index (χ1n) is 8.53. The van der Waals surface area contributed by atoms with E-state index in [9.17, 15) is 13.2 Å². The maximum atomic E-state index is 12.6. The number of ether oxygens (including phenoxy) is 1. The zero-order chi connectivity index (χ0) is 18.6. The Labute approximate surface area is 152 Å². The van der Waals surface area contributed by atoms with Gasteiger partial charge in [0.1, 0.15) is 5.75 Å². The van der Waals surface area contributed by atoms with Crippen molar-refractivity contribution in [1.82, 2.24) is 14.3 Å². The van der Waals surface area contributed by atoms with E-state index in [-0.39, 0.29) is 17.5 Å². The SMILES string of the molecule is CCOc1ccc(NC(=O)[C@@H]2CCCN(S(=O)(=O)c3cnc[nH]3)C2)cc1. The molecule has 2 N–H and O–H groups in total. The minimum Gasteiger partial charge on any atom is -0.494 e. The highest BCUT2D eigenvalue weighted by molar-refractivity contribution is 7.89. The van der Waals surface area contributed by atoms with E-state index >= 15 is 0 Å². The van der Waals surface area contributed by atoms with Gasteiger partial charge >= 0.3 is 0 Å². The Balaban J connectivity index is 1.64. The summed E-state index contributed by atoms with van der Waals surface area (Å²) in [4.78, 5) is 18.9. The fourth-order valence-electron chi connectivity index (χ4n) is 2.94. The predicted molar refractivity (Wildman–Crippen MR) is 96.3 cm³/mol. The van der Waals surface area contributed by atoms with Gasteiger partial charge in [-0.05, 0) is 44.0 Å². The van der Waals surface area contributed by atoms with Gasteiger partial charge in [0.2, 0.25) is 5.91 Å². The molecule has 0 aliphatic carbocycles. The molecule has 1 saturated heterocycles. The molecule has 1 aliphatic rings. The van der Waals surface area contributed by atoms with E-state index in [1.807, 2.05) is 6.92 Å². The molecule has 2 aromatic rings. The smallest absolute Gasteiger partial charge is 0.260 e. The summed E-state index contributed by atoms with van der Waals surface area (Å²) in [6, 6.07) is 7.11. The summed E-state index contributed by atoms with van der Waals surface area (Å²) >= 11 is 0. The normalized spacial score (nSPS) is 18.4. The second-order valence-electron chi connectivity index (χ2n) is 6.06. The summed E-state index contributed by atoms with van der Waals surface area (Å²) in [5, 5.41) is 2.90. The van der Waals surface area contributed by atoms with Crippen LogP contribution in [0, 0.1) is 5.92 Å². The van der Waals surface area contributed by atoms with Crippen molar-refractivity contribution in [2.45, 2.75) is 24.8 Å². The first-order chi connectivity index (χ1) is 12.5. The number of anilines is 1. The van der Waals surface area contributed by atoms with E-state index in [0.29, 0.717) is 31.7 Å². The Morgan fingerprint density at radius 3 is 2.81 bits per heavy atom. The molecule has 8 nitrogen and oxygen atoms in total. The zero-order valence-electron chi connectivity index (χ0n) is 14.5. The fourth-order valence-corrected chi connectivity index (χ4v) is 4.36. The minimum atomic E-state index is -3.65. The summed E-state index contributed by atoms with van der Waals surface area (Å²) < 4.78 is 31.9. The number of carbonyl (C=O) groups is 1. The maximum absolute atomic E-state index is 12.6. The van der Waals surface area contributed by atoms with Gasteiger partial charge in [0.25, 0.3) is 10.0 Å². The number of hydrogen-bond donors (Lipinski definition) is 2. The molecule has 1 atom stereocenters. The Kier molecular flexibility index (Phi) is 5.58. The number of rotatable bonds is 6. The van der Waals surface area contributed by atoms with Crippen molar-refractivity contribution < 1.29 is 17.9 Å². The minimum absolute atomic E-state index is 0.0464. The van der Waals surface area contributed by atoms with Crippen molar-refractivity contribution in [1.29, 1.82) is 0 Å². The van der Waals surface area contributed by atoms with Crippen molar-refractivity contribution in [3.05, 3.63) is 36.8 Å². The Morgan fingerprint density at radius 1 is 1.38 bits per heavy atom. The lowest BCUT2D eigenvalue weighted by Gasteiger charge is -2.30. The first kappa shape index (κ1) is 18.4. The van der Waals surface area contributed by atoms with E-state index in [2.05, 4.69) is 15.3 Å². The highest BCUT2D eigenvalue weighted by Gasteiger charge is 2.34. The van der Waals surface area contributed by atoms with Gasteiger partial charge in [-0.25, -0.2) is 13.4 Å². The summed E-state index contributed by atoms with van der Waals surface area (Å²) in [5.41, 5.74) is 0.659. The van der Waals surface area contributed by atoms with Crippen molar-refractivity contribution in [3.63, 3.8) is 0 Å². The lowest BCUT2D eigenvalue weighted by Crippen LogP contribution is -2.43. The van der Waals surface area contributed by atoms with Crippen LogP contribution in [0.2, 0.25) is 0 Å². The van der Waals surface area contributed by atoms with Crippen LogP contribution in [0.3, 0.4) is 0 Å². The standard InChI is InChI=1S/C17H22N4O4S/c1-2-25-15-7-5-14(6-8-15)20-17(22)13-4-3-9-21(11-13)26(23,24)16-10-18-12-19-16/h5-8,10,12-13H,2-4,9,11H2,1H3,(H,18,19)(H,20,22)/t13-/m1/s1. The monoisotopic (exact) mass is 378 g/mol. The van der Waals surface area contributed by atoms with Gasteiger partial charge in [-0.15, -0.1) is 0 Å². The van der Waals surface area contributed by atoms with Crippen LogP contribution < -0.4 is 10.1 Å². The van der Waals surface area contributed by atoms with E-state index in [4.69, 9.17) is 4.74 Å². The summed E-state index contributed by atoms with van der Waals surface area (Å²) in [5.74, 6) is 0.159. The molecule has 1 fully saturated rings. The van der Waals surface area contributed by atoms with Crippen LogP contribution in [0.15, 0.2) is 41.8 Å². The third-order valence-corrected chi connectivity index (χ3v) is 6.07. The average Bonchev–Trinajstić information content (AvgIpc) is 3.19. The van der Waals surface area contributed by atoms with E-state index in [1.54, 1.807) is 24.3 Å². The first-order valence-corrected chi connectivity index (χ1v) is 9.97. The van der Waals surface area contributed by atoms with Gasteiger partial charge in [-0.2, -0.15) is 4.31 Å². The number of piperidine rings is 1. The molecular weight excluding hydrogens is 356 g/mol. The third-order valence-electron chi connectivity index (χ3n) is 4.28. The van der Waals surface area contributed by atoms with Crippen LogP contribution in [0.1, 0.15) is 19.8 Å². The molecule has 0 spiro atoms. The van der Waals surface area contributed by atoms with E-state index in [0.717, 1.165) is 5.75 Å². The number of benzene rings is 1. The van der Waals surface area contributed by atoms with Crippen LogP contribution in [0.5, 0.6) is 5.75 Å². The third kappa shape index (κ3) is 4.05. The van der Waals surface area contributed by atoms with Gasteiger partial charge in [0.05, 0.1) is 25.0 Å². The highest BCUT2D eigenvalue weighted by atomic mass is 32.2. The number of hydrogen-bond acceptors (Lipinski definition) is 5. The number of carbonyl (C=O) groups excluding carboxylic acids is 1. The number of nitrogens with zero attached hydrogens (tertiary/aromatic N) is 2. The molecule has 2 heterocycles. The van der Waals surface area contributed by atoms with Crippen molar-refractivity contribution in [3.8, 4) is 5.75 Å². The number of aromatic nitrogens is 2. The Morgan fingerprint density at radius 2 is 2.15 bits per heavy atom. The molecule has 0 radical (unpaired) electrons. The maximum Gasteiger partial charge on any atom is 0.260 e. The predicted octanol–water partition coefficient (Wildman–Crippen LogP) is 1.85. The number of sulfonamides is 1. The van der Waals surface area contributed by atoms with Gasteiger partial charge in [0, 0.05) is 18.8 Å². The molecular formula is C17H22N4O4S. The number of imidazole rings is 1. The van der Waals surface area contributed by atoms with Crippen molar-refractivity contribution in [2.24, 2.45) is 5.92 Å². The van der Waals surface area contributed by atoms with Crippen LogP contribution in [-0.4, -0.2) is 48.3 Å². The van der Waals surface area contributed by atoms with Crippen LogP contribution >= 0.6 is 0 Å². The fraction of sp³-hybridized carbons (Fsp3) is 0.412. The molecule has 0 saturated carbocycles. The largest absolute Gasteiger partial charge is 0.494 e. The van der Waals surface area contributed by atoms with E-state index in [1.165, 1.54) is 16.8 Å². The highest BCUT2D eigenvalue weighted by Crippen LogP contribution is 2.24. The Bertz CT molecular complexity index is 834. The second kappa shape index (κ2) is 7.88. The molecule has 26 heavy (non-hydrogen) atoms. The molecule has 0 unspecified atom stereocenters. The molecule has 1 aromatic heterocycles. The number of amides is 1. The van der Waals surface area contributed by atoms with Gasteiger partial charge in [-0.3, -0.25) is 4.79 Å². The number of aromatic amines is 1. The molecule has 0 bridgehead atoms. The number of H-pyrrole nitrogens is 1.